The number of guanidine groups is 1. The van der Waals surface area contributed by atoms with E-state index in [2.05, 4.69) is 10.3 Å². The highest BCUT2D eigenvalue weighted by atomic mass is 16.6. The normalized spacial score (nSPS) is 22.0. The summed E-state index contributed by atoms with van der Waals surface area (Å²) in [5, 5.41) is 2.46. The average Bonchev–Trinajstić information content (AvgIpc) is 2.68. The van der Waals surface area contributed by atoms with Crippen molar-refractivity contribution < 1.29 is 14.3 Å². The zero-order chi connectivity index (χ0) is 11.8. The molecule has 0 saturated heterocycles. The summed E-state index contributed by atoms with van der Waals surface area (Å²) in [4.78, 5) is 15.6. The van der Waals surface area contributed by atoms with Gasteiger partial charge in [0.1, 0.15) is 13.2 Å². The Morgan fingerprint density at radius 1 is 1.29 bits per heavy atom. The van der Waals surface area contributed by atoms with Gasteiger partial charge in [-0.25, -0.2) is 4.99 Å². The molecule has 0 aromatic heterocycles. The lowest BCUT2D eigenvalue weighted by Crippen LogP contribution is -2.31. The summed E-state index contributed by atoms with van der Waals surface area (Å²) in [6, 6.07) is 4.74. The molecule has 1 unspecified atom stereocenters. The molecule has 17 heavy (non-hydrogen) atoms. The minimum absolute atomic E-state index is 0.148. The number of nitrogens with two attached hydrogens (primary N) is 1. The second-order valence-electron chi connectivity index (χ2n) is 3.81. The van der Waals surface area contributed by atoms with Gasteiger partial charge in [0.25, 0.3) is 5.91 Å². The van der Waals surface area contributed by atoms with E-state index in [0.29, 0.717) is 24.7 Å². The second-order valence-corrected chi connectivity index (χ2v) is 3.81. The van der Waals surface area contributed by atoms with E-state index < -0.39 is 6.04 Å². The Labute approximate surface area is 97.4 Å². The van der Waals surface area contributed by atoms with Gasteiger partial charge in [-0.15, -0.1) is 0 Å². The van der Waals surface area contributed by atoms with Crippen LogP contribution in [0.25, 0.3) is 0 Å². The first-order valence-corrected chi connectivity index (χ1v) is 5.28. The third kappa shape index (κ3) is 1.67. The van der Waals surface area contributed by atoms with Crippen LogP contribution in [0.15, 0.2) is 23.2 Å². The van der Waals surface area contributed by atoms with E-state index in [1.54, 1.807) is 18.2 Å². The zero-order valence-corrected chi connectivity index (χ0v) is 8.97. The fourth-order valence-corrected chi connectivity index (χ4v) is 1.88. The average molecular weight is 233 g/mol. The standard InChI is InChI=1S/C11H11N3O3/c12-11-13-9(10(15)14-11)6-1-2-7-8(5-6)17-4-3-16-7/h1-2,5,9H,3-4H2,(H3,12,13,14,15). The molecule has 2 aliphatic heterocycles. The van der Waals surface area contributed by atoms with Crippen LogP contribution in [0.2, 0.25) is 0 Å². The minimum atomic E-state index is -0.592. The lowest BCUT2D eigenvalue weighted by molar-refractivity contribution is -0.120. The number of hydrogen-bond donors (Lipinski definition) is 2. The van der Waals surface area contributed by atoms with Gasteiger partial charge in [-0.3, -0.25) is 10.1 Å². The summed E-state index contributed by atoms with van der Waals surface area (Å²) < 4.78 is 10.9. The van der Waals surface area contributed by atoms with Gasteiger partial charge < -0.3 is 15.2 Å². The minimum Gasteiger partial charge on any atom is -0.486 e. The van der Waals surface area contributed by atoms with E-state index in [9.17, 15) is 4.79 Å². The van der Waals surface area contributed by atoms with E-state index in [-0.39, 0.29) is 11.9 Å². The van der Waals surface area contributed by atoms with Gasteiger partial charge in [0.15, 0.2) is 23.5 Å². The molecule has 0 spiro atoms. The van der Waals surface area contributed by atoms with Crippen LogP contribution in [-0.4, -0.2) is 25.1 Å². The lowest BCUT2D eigenvalue weighted by Gasteiger charge is -2.19. The first-order chi connectivity index (χ1) is 8.24. The molecule has 0 fully saturated rings. The van der Waals surface area contributed by atoms with Gasteiger partial charge in [0, 0.05) is 0 Å². The number of carbonyl (C=O) groups excluding carboxylic acids is 1. The van der Waals surface area contributed by atoms with Crippen molar-refractivity contribution >= 4 is 11.9 Å². The number of aliphatic imine (C=N–C) groups is 1. The molecule has 0 radical (unpaired) electrons. The van der Waals surface area contributed by atoms with Gasteiger partial charge >= 0.3 is 0 Å². The summed E-state index contributed by atoms with van der Waals surface area (Å²) in [5.41, 5.74) is 6.20. The van der Waals surface area contributed by atoms with Crippen LogP contribution in [-0.2, 0) is 4.79 Å². The Morgan fingerprint density at radius 3 is 2.76 bits per heavy atom. The number of fused-ring (bicyclic) bond motifs is 1. The van der Waals surface area contributed by atoms with E-state index in [4.69, 9.17) is 15.2 Å². The van der Waals surface area contributed by atoms with Crippen LogP contribution < -0.4 is 20.5 Å². The number of carbonyl (C=O) groups is 1. The summed E-state index contributed by atoms with van der Waals surface area (Å²) >= 11 is 0. The molecular formula is C11H11N3O3. The Bertz CT molecular complexity index is 513. The third-order valence-corrected chi connectivity index (χ3v) is 2.65. The van der Waals surface area contributed by atoms with Crippen LogP contribution >= 0.6 is 0 Å². The molecule has 1 amide bonds. The summed E-state index contributed by atoms with van der Waals surface area (Å²) in [6.45, 7) is 1.06. The molecule has 0 aliphatic carbocycles. The maximum absolute atomic E-state index is 11.6. The topological polar surface area (TPSA) is 85.9 Å². The maximum Gasteiger partial charge on any atom is 0.256 e. The monoisotopic (exact) mass is 233 g/mol. The molecule has 1 aromatic rings. The molecule has 6 heteroatoms. The highest BCUT2D eigenvalue weighted by Crippen LogP contribution is 2.34. The van der Waals surface area contributed by atoms with Crippen molar-refractivity contribution in [3.63, 3.8) is 0 Å². The zero-order valence-electron chi connectivity index (χ0n) is 8.97. The molecule has 1 aromatic carbocycles. The van der Waals surface area contributed by atoms with Gasteiger partial charge in [-0.05, 0) is 17.7 Å². The van der Waals surface area contributed by atoms with Crippen molar-refractivity contribution in [3.8, 4) is 11.5 Å². The molecule has 0 saturated carbocycles. The molecule has 3 N–H and O–H groups in total. The van der Waals surface area contributed by atoms with Crippen molar-refractivity contribution in [1.29, 1.82) is 0 Å². The summed E-state index contributed by atoms with van der Waals surface area (Å²) in [7, 11) is 0. The van der Waals surface area contributed by atoms with E-state index >= 15 is 0 Å². The van der Waals surface area contributed by atoms with E-state index in [1.165, 1.54) is 0 Å². The summed E-state index contributed by atoms with van der Waals surface area (Å²) in [6.07, 6.45) is 0. The smallest absolute Gasteiger partial charge is 0.256 e. The number of nitrogens with one attached hydrogen (secondary N) is 1. The third-order valence-electron chi connectivity index (χ3n) is 2.65. The van der Waals surface area contributed by atoms with Crippen molar-refractivity contribution in [2.75, 3.05) is 13.2 Å². The Morgan fingerprint density at radius 2 is 2.06 bits per heavy atom. The molecule has 3 rings (SSSR count). The predicted octanol–water partition coefficient (Wildman–Crippen LogP) is -0.0566. The number of ether oxygens (including phenoxy) is 2. The molecule has 2 heterocycles. The molecule has 1 atom stereocenters. The Hall–Kier alpha value is -2.24. The van der Waals surface area contributed by atoms with Crippen LogP contribution in [0.3, 0.4) is 0 Å². The van der Waals surface area contributed by atoms with E-state index in [0.717, 1.165) is 5.56 Å². The first kappa shape index (κ1) is 9.95. The lowest BCUT2D eigenvalue weighted by atomic mass is 10.1. The number of rotatable bonds is 1. The SMILES string of the molecule is NC1=NC(c2ccc3c(c2)OCCO3)C(=O)N1. The number of amides is 1. The predicted molar refractivity (Wildman–Crippen MR) is 59.9 cm³/mol. The molecular weight excluding hydrogens is 222 g/mol. The maximum atomic E-state index is 11.6. The van der Waals surface area contributed by atoms with Crippen LogP contribution in [0.4, 0.5) is 0 Å². The van der Waals surface area contributed by atoms with Crippen LogP contribution in [0.5, 0.6) is 11.5 Å². The number of hydrogen-bond acceptors (Lipinski definition) is 5. The Kier molecular flexibility index (Phi) is 2.14. The van der Waals surface area contributed by atoms with E-state index in [1.807, 2.05) is 0 Å². The Balaban J connectivity index is 1.96. The molecule has 88 valence electrons. The van der Waals surface area contributed by atoms with Crippen molar-refractivity contribution in [3.05, 3.63) is 23.8 Å². The second kappa shape index (κ2) is 3.65. The number of benzene rings is 1. The van der Waals surface area contributed by atoms with Gasteiger partial charge in [-0.2, -0.15) is 0 Å². The quantitative estimate of drug-likeness (QED) is 0.711. The molecule has 6 nitrogen and oxygen atoms in total. The highest BCUT2D eigenvalue weighted by Gasteiger charge is 2.27. The fourth-order valence-electron chi connectivity index (χ4n) is 1.88. The van der Waals surface area contributed by atoms with Gasteiger partial charge in [0.05, 0.1) is 0 Å². The fraction of sp³-hybridized carbons (Fsp3) is 0.273. The van der Waals surface area contributed by atoms with Crippen LogP contribution in [0, 0.1) is 0 Å². The van der Waals surface area contributed by atoms with Crippen LogP contribution in [0.1, 0.15) is 11.6 Å². The first-order valence-electron chi connectivity index (χ1n) is 5.28. The molecule has 0 bridgehead atoms. The van der Waals surface area contributed by atoms with Crippen molar-refractivity contribution in [2.24, 2.45) is 10.7 Å². The highest BCUT2D eigenvalue weighted by molar-refractivity contribution is 6.04. The van der Waals surface area contributed by atoms with Crippen molar-refractivity contribution in [1.82, 2.24) is 5.32 Å². The largest absolute Gasteiger partial charge is 0.486 e. The molecule has 2 aliphatic rings. The van der Waals surface area contributed by atoms with Gasteiger partial charge in [-0.1, -0.05) is 6.07 Å². The van der Waals surface area contributed by atoms with Crippen molar-refractivity contribution in [2.45, 2.75) is 6.04 Å². The summed E-state index contributed by atoms with van der Waals surface area (Å²) in [5.74, 6) is 1.26. The van der Waals surface area contributed by atoms with Gasteiger partial charge in [0.2, 0.25) is 0 Å². The number of nitrogens with zero attached hydrogens (tertiary/aromatic N) is 1.